The molecule has 2 aromatic rings. The molecule has 1 saturated carbocycles. The number of hydrogen-bond donors (Lipinski definition) is 2. The largest absolute Gasteiger partial charge is 0.434 e. The molecule has 0 aliphatic heterocycles. The van der Waals surface area contributed by atoms with E-state index in [0.717, 1.165) is 18.4 Å². The third kappa shape index (κ3) is 6.50. The minimum atomic E-state index is -3.49. The zero-order chi connectivity index (χ0) is 20.9. The van der Waals surface area contributed by atoms with Gasteiger partial charge in [-0.05, 0) is 43.0 Å². The summed E-state index contributed by atoms with van der Waals surface area (Å²) >= 11 is 0. The summed E-state index contributed by atoms with van der Waals surface area (Å²) in [5, 5.41) is 2.68. The first-order valence-electron chi connectivity index (χ1n) is 9.24. The number of ether oxygens (including phenoxy) is 1. The molecule has 1 amide bonds. The molecule has 1 aliphatic rings. The summed E-state index contributed by atoms with van der Waals surface area (Å²) < 4.78 is 56.2. The van der Waals surface area contributed by atoms with Gasteiger partial charge in [-0.3, -0.25) is 4.79 Å². The number of aryl methyl sites for hydroxylation is 1. The van der Waals surface area contributed by atoms with Crippen LogP contribution in [0.25, 0.3) is 0 Å². The zero-order valence-corrected chi connectivity index (χ0v) is 16.4. The van der Waals surface area contributed by atoms with Crippen LogP contribution in [0.1, 0.15) is 30.4 Å². The quantitative estimate of drug-likeness (QED) is 0.614. The third-order valence-corrected chi connectivity index (χ3v) is 5.97. The van der Waals surface area contributed by atoms with Crippen LogP contribution in [0.15, 0.2) is 53.4 Å². The van der Waals surface area contributed by atoms with Gasteiger partial charge in [0.1, 0.15) is 5.75 Å². The van der Waals surface area contributed by atoms with E-state index in [4.69, 9.17) is 0 Å². The van der Waals surface area contributed by atoms with Crippen LogP contribution < -0.4 is 14.8 Å². The number of benzene rings is 2. The summed E-state index contributed by atoms with van der Waals surface area (Å²) in [6.07, 6.45) is 2.35. The Balaban J connectivity index is 1.48. The third-order valence-electron chi connectivity index (χ3n) is 4.44. The molecule has 156 valence electrons. The molecule has 9 heteroatoms. The van der Waals surface area contributed by atoms with Gasteiger partial charge < -0.3 is 10.1 Å². The molecule has 29 heavy (non-hydrogen) atoms. The van der Waals surface area contributed by atoms with Gasteiger partial charge in [-0.15, -0.1) is 0 Å². The summed E-state index contributed by atoms with van der Waals surface area (Å²) in [5.41, 5.74) is 1.28. The number of carbonyl (C=O) groups excluding carboxylic acids is 1. The van der Waals surface area contributed by atoms with Gasteiger partial charge in [-0.25, -0.2) is 13.1 Å². The summed E-state index contributed by atoms with van der Waals surface area (Å²) in [5.74, 6) is -0.219. The van der Waals surface area contributed by atoms with E-state index in [2.05, 4.69) is 14.8 Å². The van der Waals surface area contributed by atoms with Crippen LogP contribution in [0.4, 0.5) is 8.78 Å². The minimum Gasteiger partial charge on any atom is -0.434 e. The molecule has 0 bridgehead atoms. The Hall–Kier alpha value is -2.52. The topological polar surface area (TPSA) is 84.5 Å². The van der Waals surface area contributed by atoms with Crippen LogP contribution in [0.5, 0.6) is 5.75 Å². The second kappa shape index (κ2) is 9.32. The molecular weight excluding hydrogens is 402 g/mol. The van der Waals surface area contributed by atoms with E-state index in [0.29, 0.717) is 12.0 Å². The lowest BCUT2D eigenvalue weighted by atomic mass is 10.1. The number of sulfonamides is 1. The highest BCUT2D eigenvalue weighted by atomic mass is 32.2. The van der Waals surface area contributed by atoms with Crippen molar-refractivity contribution in [3.8, 4) is 5.75 Å². The van der Waals surface area contributed by atoms with Crippen molar-refractivity contribution in [3.05, 3.63) is 59.7 Å². The summed E-state index contributed by atoms with van der Waals surface area (Å²) in [7, 11) is -3.49. The van der Waals surface area contributed by atoms with Crippen molar-refractivity contribution >= 4 is 15.9 Å². The normalized spacial score (nSPS) is 14.0. The molecule has 3 rings (SSSR count). The highest BCUT2D eigenvalue weighted by Crippen LogP contribution is 2.22. The van der Waals surface area contributed by atoms with Crippen molar-refractivity contribution in [2.24, 2.45) is 0 Å². The summed E-state index contributed by atoms with van der Waals surface area (Å²) in [4.78, 5) is 12.3. The van der Waals surface area contributed by atoms with Crippen molar-refractivity contribution in [2.45, 2.75) is 49.8 Å². The average Bonchev–Trinajstić information content (AvgIpc) is 3.49. The number of hydrogen-bond acceptors (Lipinski definition) is 4. The van der Waals surface area contributed by atoms with Crippen molar-refractivity contribution in [1.82, 2.24) is 10.0 Å². The predicted octanol–water partition coefficient (Wildman–Crippen LogP) is 2.98. The number of halogens is 2. The Bertz CT molecular complexity index is 945. The van der Waals surface area contributed by atoms with Crippen LogP contribution in [-0.2, 0) is 27.8 Å². The van der Waals surface area contributed by atoms with E-state index in [-0.39, 0.29) is 35.6 Å². The lowest BCUT2D eigenvalue weighted by molar-refractivity contribution is -0.121. The van der Waals surface area contributed by atoms with Gasteiger partial charge >= 0.3 is 6.61 Å². The van der Waals surface area contributed by atoms with Crippen LogP contribution >= 0.6 is 0 Å². The molecule has 6 nitrogen and oxygen atoms in total. The maximum absolute atomic E-state index is 12.4. The lowest BCUT2D eigenvalue weighted by Gasteiger charge is -2.11. The highest BCUT2D eigenvalue weighted by Gasteiger charge is 2.27. The first kappa shape index (κ1) is 21.2. The molecule has 0 saturated heterocycles. The first-order valence-corrected chi connectivity index (χ1v) is 10.7. The van der Waals surface area contributed by atoms with Crippen molar-refractivity contribution in [2.75, 3.05) is 0 Å². The summed E-state index contributed by atoms with van der Waals surface area (Å²) in [6, 6.07) is 12.7. The minimum absolute atomic E-state index is 0.0272. The van der Waals surface area contributed by atoms with Crippen LogP contribution in [-0.4, -0.2) is 27.0 Å². The number of alkyl halides is 2. The molecular formula is C20H22F2N2O4S. The van der Waals surface area contributed by atoms with Gasteiger partial charge in [0.05, 0.1) is 4.90 Å². The van der Waals surface area contributed by atoms with Gasteiger partial charge in [0.15, 0.2) is 0 Å². The van der Waals surface area contributed by atoms with Gasteiger partial charge in [0.25, 0.3) is 0 Å². The Labute approximate surface area is 168 Å². The van der Waals surface area contributed by atoms with Crippen molar-refractivity contribution in [1.29, 1.82) is 0 Å². The SMILES string of the molecule is O=C(CCc1ccc(S(=O)(=O)NC2CC2)cc1)NCc1ccccc1OC(F)F. The standard InChI is InChI=1S/C20H22F2N2O4S/c21-20(22)28-18-4-2-1-3-15(18)13-23-19(25)12-7-14-5-10-17(11-6-14)29(26,27)24-16-8-9-16/h1-6,10-11,16,20,24H,7-9,12-13H2,(H,23,25). The van der Waals surface area contributed by atoms with E-state index in [1.165, 1.54) is 18.2 Å². The van der Waals surface area contributed by atoms with Crippen LogP contribution in [0, 0.1) is 0 Å². The van der Waals surface area contributed by atoms with E-state index in [1.807, 2.05) is 0 Å². The van der Waals surface area contributed by atoms with Gasteiger partial charge in [0.2, 0.25) is 15.9 Å². The van der Waals surface area contributed by atoms with Gasteiger partial charge in [0, 0.05) is 24.6 Å². The maximum Gasteiger partial charge on any atom is 0.387 e. The number of rotatable bonds is 10. The van der Waals surface area contributed by atoms with E-state index in [1.54, 1.807) is 30.3 Å². The van der Waals surface area contributed by atoms with E-state index >= 15 is 0 Å². The molecule has 0 atom stereocenters. The lowest BCUT2D eigenvalue weighted by Crippen LogP contribution is -2.25. The molecule has 2 aromatic carbocycles. The Kier molecular flexibility index (Phi) is 6.81. The summed E-state index contributed by atoms with van der Waals surface area (Å²) in [6.45, 7) is -2.86. The molecule has 2 N–H and O–H groups in total. The fourth-order valence-electron chi connectivity index (χ4n) is 2.72. The van der Waals surface area contributed by atoms with Gasteiger partial charge in [-0.1, -0.05) is 30.3 Å². The second-order valence-electron chi connectivity index (χ2n) is 6.80. The average molecular weight is 424 g/mol. The van der Waals surface area contributed by atoms with E-state index in [9.17, 15) is 22.0 Å². The molecule has 0 aromatic heterocycles. The van der Waals surface area contributed by atoms with Gasteiger partial charge in [-0.2, -0.15) is 8.78 Å². The Morgan fingerprint density at radius 3 is 2.45 bits per heavy atom. The smallest absolute Gasteiger partial charge is 0.387 e. The molecule has 0 spiro atoms. The fraction of sp³-hybridized carbons (Fsp3) is 0.350. The fourth-order valence-corrected chi connectivity index (χ4v) is 4.03. The molecule has 0 unspecified atom stereocenters. The molecule has 0 radical (unpaired) electrons. The number of amides is 1. The molecule has 0 heterocycles. The first-order chi connectivity index (χ1) is 13.8. The van der Waals surface area contributed by atoms with Crippen LogP contribution in [0.2, 0.25) is 0 Å². The Morgan fingerprint density at radius 1 is 1.10 bits per heavy atom. The predicted molar refractivity (Wildman–Crippen MR) is 103 cm³/mol. The zero-order valence-electron chi connectivity index (χ0n) is 15.6. The van der Waals surface area contributed by atoms with Crippen molar-refractivity contribution in [3.63, 3.8) is 0 Å². The second-order valence-corrected chi connectivity index (χ2v) is 8.52. The highest BCUT2D eigenvalue weighted by molar-refractivity contribution is 7.89. The monoisotopic (exact) mass is 424 g/mol. The molecule has 1 fully saturated rings. The number of carbonyl (C=O) groups is 1. The molecule has 1 aliphatic carbocycles. The number of nitrogens with one attached hydrogen (secondary N) is 2. The Morgan fingerprint density at radius 2 is 1.79 bits per heavy atom. The maximum atomic E-state index is 12.4. The number of para-hydroxylation sites is 1. The van der Waals surface area contributed by atoms with E-state index < -0.39 is 16.6 Å². The van der Waals surface area contributed by atoms with Crippen LogP contribution in [0.3, 0.4) is 0 Å². The van der Waals surface area contributed by atoms with Crippen molar-refractivity contribution < 1.29 is 26.7 Å².